The van der Waals surface area contributed by atoms with E-state index in [-0.39, 0.29) is 34.0 Å². The van der Waals surface area contributed by atoms with Crippen LogP contribution in [-0.4, -0.2) is 24.9 Å². The lowest BCUT2D eigenvalue weighted by molar-refractivity contribution is -0.134. The van der Waals surface area contributed by atoms with E-state index in [0.717, 1.165) is 5.69 Å². The van der Waals surface area contributed by atoms with E-state index in [2.05, 4.69) is 102 Å². The number of amides is 1. The van der Waals surface area contributed by atoms with Crippen molar-refractivity contribution in [3.05, 3.63) is 66.2 Å². The van der Waals surface area contributed by atoms with Gasteiger partial charge in [0.25, 0.3) is 5.91 Å². The number of nitrogens with two attached hydrogens (primary N) is 1. The molecule has 0 heterocycles. The molecule has 4 nitrogen and oxygen atoms in total. The monoisotopic (exact) mass is 552 g/mol. The third-order valence-corrected chi connectivity index (χ3v) is 10.3. The average molecular weight is 553 g/mol. The minimum Gasteiger partial charge on any atom is -0.330 e. The summed E-state index contributed by atoms with van der Waals surface area (Å²) in [6.45, 7) is 23.4. The highest BCUT2D eigenvalue weighted by Gasteiger charge is 2.54. The number of anilines is 1. The maximum atomic E-state index is 14.4. The van der Waals surface area contributed by atoms with Gasteiger partial charge in [-0.15, -0.1) is 8.86 Å². The van der Waals surface area contributed by atoms with Gasteiger partial charge >= 0.3 is 0 Å². The molecule has 0 saturated carbocycles. The van der Waals surface area contributed by atoms with Crippen LogP contribution >= 0.6 is 8.86 Å². The van der Waals surface area contributed by atoms with E-state index in [4.69, 9.17) is 10.6 Å². The Morgan fingerprint density at radius 1 is 0.949 bits per heavy atom. The standard InChI is InChI=1S/C34H53N2O2P/c1-11-38-36(27-20-16-13-17-21-27)30(37)28(32(6,7)24-39)22-31(4,5)29(26-18-14-12-15-19-26)33(8,9)34(10,23-35)25(2)3/h12-21,24-25,28-29,39H,11,22-23,35H2,1-10H3. The second kappa shape index (κ2) is 13.1. The molecule has 0 radical (unpaired) electrons. The highest BCUT2D eigenvalue weighted by atomic mass is 31.0. The van der Waals surface area contributed by atoms with Crippen LogP contribution in [0, 0.1) is 33.5 Å². The van der Waals surface area contributed by atoms with Gasteiger partial charge in [0.05, 0.1) is 18.2 Å². The molecule has 0 aliphatic heterocycles. The van der Waals surface area contributed by atoms with Crippen LogP contribution in [0.3, 0.4) is 0 Å². The smallest absolute Gasteiger partial charge is 0.254 e. The first-order valence-corrected chi connectivity index (χ1v) is 15.0. The van der Waals surface area contributed by atoms with Gasteiger partial charge < -0.3 is 5.73 Å². The minimum atomic E-state index is -0.435. The SMILES string of the molecule is CCON(C(=O)C(CC(C)(C)C(c1ccccc1)C(C)(C)C(C)(CN)C(C)C)C(C)(C)C=P)c1ccccc1. The summed E-state index contributed by atoms with van der Waals surface area (Å²) in [5.41, 5.74) is 7.57. The van der Waals surface area contributed by atoms with Crippen molar-refractivity contribution in [2.75, 3.05) is 18.2 Å². The molecule has 0 saturated heterocycles. The fourth-order valence-corrected chi connectivity index (χ4v) is 6.78. The van der Waals surface area contributed by atoms with Crippen LogP contribution < -0.4 is 10.8 Å². The third kappa shape index (κ3) is 7.02. The van der Waals surface area contributed by atoms with E-state index >= 15 is 0 Å². The van der Waals surface area contributed by atoms with Gasteiger partial charge in [-0.2, -0.15) is 5.06 Å². The van der Waals surface area contributed by atoms with Gasteiger partial charge in [-0.05, 0) is 71.1 Å². The fourth-order valence-electron chi connectivity index (χ4n) is 6.58. The van der Waals surface area contributed by atoms with Gasteiger partial charge in [0.15, 0.2) is 0 Å². The van der Waals surface area contributed by atoms with Crippen molar-refractivity contribution in [1.29, 1.82) is 0 Å². The molecule has 0 spiro atoms. The second-order valence-corrected chi connectivity index (χ2v) is 13.7. The van der Waals surface area contributed by atoms with Crippen molar-refractivity contribution in [3.63, 3.8) is 0 Å². The maximum Gasteiger partial charge on any atom is 0.254 e. The van der Waals surface area contributed by atoms with Crippen molar-refractivity contribution in [1.82, 2.24) is 0 Å². The van der Waals surface area contributed by atoms with Crippen molar-refractivity contribution < 1.29 is 9.63 Å². The molecule has 5 heteroatoms. The zero-order valence-electron chi connectivity index (χ0n) is 26.0. The lowest BCUT2D eigenvalue weighted by Crippen LogP contribution is -2.53. The zero-order chi connectivity index (χ0) is 29.6. The Bertz CT molecular complexity index is 1070. The summed E-state index contributed by atoms with van der Waals surface area (Å²) in [5, 5.41) is 1.50. The lowest BCUT2D eigenvalue weighted by Gasteiger charge is -2.56. The largest absolute Gasteiger partial charge is 0.330 e. The van der Waals surface area contributed by atoms with Crippen molar-refractivity contribution in [2.24, 2.45) is 39.2 Å². The summed E-state index contributed by atoms with van der Waals surface area (Å²) in [7, 11) is 3.68. The van der Waals surface area contributed by atoms with Crippen molar-refractivity contribution in [3.8, 4) is 0 Å². The predicted octanol–water partition coefficient (Wildman–Crippen LogP) is 8.41. The third-order valence-electron chi connectivity index (χ3n) is 9.55. The summed E-state index contributed by atoms with van der Waals surface area (Å²) in [6.07, 6.45) is 0.665. The minimum absolute atomic E-state index is 0.0364. The van der Waals surface area contributed by atoms with E-state index < -0.39 is 5.41 Å². The van der Waals surface area contributed by atoms with Gasteiger partial charge in [-0.25, -0.2) is 0 Å². The first-order chi connectivity index (χ1) is 18.1. The molecule has 0 aromatic heterocycles. The molecule has 0 bridgehead atoms. The van der Waals surface area contributed by atoms with Gasteiger partial charge in [-0.3, -0.25) is 9.63 Å². The molecule has 2 aromatic carbocycles. The van der Waals surface area contributed by atoms with E-state index in [1.807, 2.05) is 43.1 Å². The topological polar surface area (TPSA) is 55.6 Å². The molecule has 0 fully saturated rings. The van der Waals surface area contributed by atoms with Gasteiger partial charge in [-0.1, -0.05) is 117 Å². The van der Waals surface area contributed by atoms with E-state index in [1.165, 1.54) is 10.6 Å². The predicted molar refractivity (Wildman–Crippen MR) is 171 cm³/mol. The van der Waals surface area contributed by atoms with Crippen LogP contribution in [0.4, 0.5) is 5.69 Å². The quantitative estimate of drug-likeness (QED) is 0.189. The second-order valence-electron chi connectivity index (χ2n) is 13.4. The molecule has 3 unspecified atom stereocenters. The molecule has 2 N–H and O–H groups in total. The Labute approximate surface area is 240 Å². The van der Waals surface area contributed by atoms with Crippen molar-refractivity contribution >= 4 is 26.3 Å². The van der Waals surface area contributed by atoms with Crippen LogP contribution in [0.5, 0.6) is 0 Å². The number of para-hydroxylation sites is 1. The molecule has 2 rings (SSSR count). The zero-order valence-corrected chi connectivity index (χ0v) is 27.0. The van der Waals surface area contributed by atoms with Crippen LogP contribution in [0.25, 0.3) is 0 Å². The summed E-state index contributed by atoms with van der Waals surface area (Å²) in [4.78, 5) is 20.4. The molecule has 1 amide bonds. The molecule has 2 aromatic rings. The summed E-state index contributed by atoms with van der Waals surface area (Å²) >= 11 is 0. The summed E-state index contributed by atoms with van der Waals surface area (Å²) in [5.74, 6) is 2.12. The van der Waals surface area contributed by atoms with Gasteiger partial charge in [0.2, 0.25) is 0 Å². The van der Waals surface area contributed by atoms with Crippen molar-refractivity contribution in [2.45, 2.75) is 81.6 Å². The molecule has 0 aliphatic carbocycles. The first kappa shape index (κ1) is 33.2. The van der Waals surface area contributed by atoms with E-state index in [1.54, 1.807) is 0 Å². The number of carbonyl (C=O) groups is 1. The lowest BCUT2D eigenvalue weighted by atomic mass is 9.48. The van der Waals surface area contributed by atoms with Crippen LogP contribution in [-0.2, 0) is 9.63 Å². The number of hydrogen-bond donors (Lipinski definition) is 1. The Morgan fingerprint density at radius 2 is 1.46 bits per heavy atom. The Hall–Kier alpha value is -2.00. The van der Waals surface area contributed by atoms with E-state index in [9.17, 15) is 4.79 Å². The molecule has 39 heavy (non-hydrogen) atoms. The van der Waals surface area contributed by atoms with Crippen LogP contribution in [0.15, 0.2) is 60.7 Å². The maximum absolute atomic E-state index is 14.4. The normalized spacial score (nSPS) is 15.9. The molecular weight excluding hydrogens is 499 g/mol. The molecule has 3 atom stereocenters. The average Bonchev–Trinajstić information content (AvgIpc) is 2.90. The highest BCUT2D eigenvalue weighted by Crippen LogP contribution is 2.60. The Kier molecular flexibility index (Phi) is 11.2. The number of benzene rings is 2. The number of carbonyl (C=O) groups excluding carboxylic acids is 1. The molecular formula is C34H53N2O2P. The summed E-state index contributed by atoms with van der Waals surface area (Å²) in [6, 6.07) is 20.4. The van der Waals surface area contributed by atoms with E-state index in [0.29, 0.717) is 25.5 Å². The Balaban J connectivity index is 2.70. The van der Waals surface area contributed by atoms with Crippen LogP contribution in [0.2, 0.25) is 0 Å². The molecule has 216 valence electrons. The first-order valence-electron chi connectivity index (χ1n) is 14.4. The molecule has 0 aliphatic rings. The Morgan fingerprint density at radius 3 is 1.90 bits per heavy atom. The number of hydrogen-bond acceptors (Lipinski definition) is 3. The number of hydroxylamine groups is 1. The van der Waals surface area contributed by atoms with Crippen LogP contribution in [0.1, 0.15) is 87.1 Å². The number of rotatable bonds is 14. The van der Waals surface area contributed by atoms with Gasteiger partial charge in [0.1, 0.15) is 0 Å². The fraction of sp³-hybridized carbons (Fsp3) is 0.588. The highest BCUT2D eigenvalue weighted by molar-refractivity contribution is 7.18. The van der Waals surface area contributed by atoms with Gasteiger partial charge in [0, 0.05) is 0 Å². The summed E-state index contributed by atoms with van der Waals surface area (Å²) < 4.78 is 0. The number of nitrogens with zero attached hydrogens (tertiary/aromatic N) is 1.